The monoisotopic (exact) mass is 344 g/mol. The second-order valence-electron chi connectivity index (χ2n) is 5.62. The van der Waals surface area contributed by atoms with E-state index in [4.69, 9.17) is 5.73 Å². The number of nitrogens with two attached hydrogens (primary N) is 1. The molecule has 3 unspecified atom stereocenters. The van der Waals surface area contributed by atoms with Gasteiger partial charge in [-0.25, -0.2) is 8.78 Å². The molecule has 20 heavy (non-hydrogen) atoms. The van der Waals surface area contributed by atoms with Crippen molar-refractivity contribution in [3.05, 3.63) is 33.8 Å². The maximum absolute atomic E-state index is 13.3. The highest BCUT2D eigenvalue weighted by molar-refractivity contribution is 9.10. The van der Waals surface area contributed by atoms with Crippen molar-refractivity contribution in [2.45, 2.75) is 18.9 Å². The summed E-state index contributed by atoms with van der Waals surface area (Å²) in [6, 6.07) is 2.09. The zero-order chi connectivity index (χ0) is 14.4. The Morgan fingerprint density at radius 3 is 2.65 bits per heavy atom. The Morgan fingerprint density at radius 1 is 1.25 bits per heavy atom. The number of nitrogens with zero attached hydrogens (tertiary/aromatic N) is 1. The van der Waals surface area contributed by atoms with Crippen LogP contribution in [0.2, 0.25) is 0 Å². The summed E-state index contributed by atoms with van der Waals surface area (Å²) >= 11 is 3.12. The zero-order valence-corrected chi connectivity index (χ0v) is 12.4. The van der Waals surface area contributed by atoms with Crippen LogP contribution < -0.4 is 5.73 Å². The van der Waals surface area contributed by atoms with E-state index in [-0.39, 0.29) is 22.0 Å². The molecule has 3 nitrogen and oxygen atoms in total. The van der Waals surface area contributed by atoms with Gasteiger partial charge in [0.2, 0.25) is 0 Å². The van der Waals surface area contributed by atoms with Gasteiger partial charge in [-0.3, -0.25) is 4.79 Å². The van der Waals surface area contributed by atoms with Gasteiger partial charge >= 0.3 is 0 Å². The first-order valence-corrected chi connectivity index (χ1v) is 7.46. The molecular weight excluding hydrogens is 330 g/mol. The van der Waals surface area contributed by atoms with Crippen LogP contribution in [0.4, 0.5) is 8.78 Å². The quantitative estimate of drug-likeness (QED) is 0.795. The van der Waals surface area contributed by atoms with Crippen molar-refractivity contribution in [1.82, 2.24) is 4.90 Å². The number of hydrogen-bond acceptors (Lipinski definition) is 2. The topological polar surface area (TPSA) is 46.3 Å². The number of halogens is 3. The fourth-order valence-corrected chi connectivity index (χ4v) is 3.82. The molecular formula is C14H15BrF2N2O. The first-order chi connectivity index (χ1) is 9.47. The Bertz CT molecular complexity index is 566. The molecule has 1 saturated carbocycles. The molecule has 108 valence electrons. The average molecular weight is 345 g/mol. The molecule has 1 amide bonds. The highest BCUT2D eigenvalue weighted by atomic mass is 79.9. The molecule has 1 aliphatic heterocycles. The molecule has 2 fully saturated rings. The van der Waals surface area contributed by atoms with Gasteiger partial charge in [0.25, 0.3) is 5.91 Å². The lowest BCUT2D eigenvalue weighted by Crippen LogP contribution is -2.33. The minimum absolute atomic E-state index is 0.145. The van der Waals surface area contributed by atoms with Gasteiger partial charge in [0.05, 0.1) is 5.56 Å². The van der Waals surface area contributed by atoms with Gasteiger partial charge in [0.15, 0.2) is 11.6 Å². The van der Waals surface area contributed by atoms with E-state index < -0.39 is 11.6 Å². The summed E-state index contributed by atoms with van der Waals surface area (Å²) in [6.07, 6.45) is 2.04. The van der Waals surface area contributed by atoms with Crippen LogP contribution in [0.5, 0.6) is 0 Å². The third-order valence-corrected chi connectivity index (χ3v) is 5.10. The van der Waals surface area contributed by atoms with Crippen LogP contribution in [0.15, 0.2) is 16.6 Å². The minimum atomic E-state index is -1.01. The molecule has 0 aromatic heterocycles. The SMILES string of the molecule is NC1CCC2CN(C(=O)c3cc(F)c(F)cc3Br)CC12. The molecule has 0 bridgehead atoms. The van der Waals surface area contributed by atoms with Crippen LogP contribution in [0, 0.1) is 23.5 Å². The van der Waals surface area contributed by atoms with E-state index in [0.29, 0.717) is 24.9 Å². The molecule has 3 rings (SSSR count). The lowest BCUT2D eigenvalue weighted by molar-refractivity contribution is 0.0778. The molecule has 1 aliphatic carbocycles. The Labute approximate surface area is 124 Å². The summed E-state index contributed by atoms with van der Waals surface area (Å²) in [5, 5.41) is 0. The highest BCUT2D eigenvalue weighted by Crippen LogP contribution is 2.38. The first-order valence-electron chi connectivity index (χ1n) is 6.66. The van der Waals surface area contributed by atoms with Gasteiger partial charge in [-0.15, -0.1) is 0 Å². The largest absolute Gasteiger partial charge is 0.338 e. The predicted molar refractivity (Wildman–Crippen MR) is 74.2 cm³/mol. The van der Waals surface area contributed by atoms with Crippen molar-refractivity contribution >= 4 is 21.8 Å². The lowest BCUT2D eigenvalue weighted by Gasteiger charge is -2.19. The van der Waals surface area contributed by atoms with Crippen LogP contribution in [0.25, 0.3) is 0 Å². The number of fused-ring (bicyclic) bond motifs is 1. The van der Waals surface area contributed by atoms with E-state index in [1.165, 1.54) is 0 Å². The minimum Gasteiger partial charge on any atom is -0.338 e. The number of benzene rings is 1. The van der Waals surface area contributed by atoms with E-state index in [2.05, 4.69) is 15.9 Å². The average Bonchev–Trinajstić information content (AvgIpc) is 2.96. The summed E-state index contributed by atoms with van der Waals surface area (Å²) < 4.78 is 26.7. The summed E-state index contributed by atoms with van der Waals surface area (Å²) in [6.45, 7) is 1.26. The van der Waals surface area contributed by atoms with E-state index in [1.807, 2.05) is 0 Å². The fourth-order valence-electron chi connectivity index (χ4n) is 3.33. The molecule has 3 atom stereocenters. The highest BCUT2D eigenvalue weighted by Gasteiger charge is 2.42. The summed E-state index contributed by atoms with van der Waals surface area (Å²) in [7, 11) is 0. The van der Waals surface area contributed by atoms with Crippen LogP contribution in [-0.2, 0) is 0 Å². The zero-order valence-electron chi connectivity index (χ0n) is 10.8. The van der Waals surface area contributed by atoms with Gasteiger partial charge in [-0.2, -0.15) is 0 Å². The maximum atomic E-state index is 13.3. The third kappa shape index (κ3) is 2.24. The Balaban J connectivity index is 1.82. The van der Waals surface area contributed by atoms with Crippen LogP contribution >= 0.6 is 15.9 Å². The molecule has 2 N–H and O–H groups in total. The maximum Gasteiger partial charge on any atom is 0.255 e. The molecule has 1 heterocycles. The molecule has 1 aromatic rings. The standard InChI is InChI=1S/C14H15BrF2N2O/c15-10-4-12(17)11(16)3-8(10)14(20)19-5-7-1-2-13(18)9(7)6-19/h3-4,7,9,13H,1-2,5-6,18H2. The Morgan fingerprint density at radius 2 is 1.95 bits per heavy atom. The van der Waals surface area contributed by atoms with Crippen molar-refractivity contribution in [1.29, 1.82) is 0 Å². The number of likely N-dealkylation sites (tertiary alicyclic amines) is 1. The lowest BCUT2D eigenvalue weighted by atomic mass is 9.98. The van der Waals surface area contributed by atoms with Gasteiger partial charge in [0.1, 0.15) is 0 Å². The number of rotatable bonds is 1. The Hall–Kier alpha value is -1.01. The number of carbonyl (C=O) groups excluding carboxylic acids is 1. The van der Waals surface area contributed by atoms with E-state index in [0.717, 1.165) is 25.0 Å². The molecule has 2 aliphatic rings. The number of carbonyl (C=O) groups is 1. The molecule has 0 radical (unpaired) electrons. The van der Waals surface area contributed by atoms with E-state index in [9.17, 15) is 13.6 Å². The van der Waals surface area contributed by atoms with Gasteiger partial charge in [0, 0.05) is 23.6 Å². The predicted octanol–water partition coefficient (Wildman–Crippen LogP) is 2.54. The molecule has 0 spiro atoms. The van der Waals surface area contributed by atoms with Crippen LogP contribution in [0.3, 0.4) is 0 Å². The van der Waals surface area contributed by atoms with Gasteiger partial charge in [-0.1, -0.05) is 0 Å². The molecule has 1 saturated heterocycles. The summed E-state index contributed by atoms with van der Waals surface area (Å²) in [4.78, 5) is 14.1. The first kappa shape index (κ1) is 13.9. The van der Waals surface area contributed by atoms with E-state index >= 15 is 0 Å². The smallest absolute Gasteiger partial charge is 0.255 e. The number of hydrogen-bond donors (Lipinski definition) is 1. The van der Waals surface area contributed by atoms with Gasteiger partial charge in [-0.05, 0) is 52.7 Å². The van der Waals surface area contributed by atoms with Gasteiger partial charge < -0.3 is 10.6 Å². The third-order valence-electron chi connectivity index (χ3n) is 4.44. The van der Waals surface area contributed by atoms with Crippen molar-refractivity contribution < 1.29 is 13.6 Å². The number of amides is 1. The van der Waals surface area contributed by atoms with E-state index in [1.54, 1.807) is 4.90 Å². The summed E-state index contributed by atoms with van der Waals surface area (Å²) in [5.74, 6) is -1.46. The Kier molecular flexibility index (Phi) is 3.54. The second-order valence-corrected chi connectivity index (χ2v) is 6.48. The van der Waals surface area contributed by atoms with Crippen molar-refractivity contribution in [2.75, 3.05) is 13.1 Å². The van der Waals surface area contributed by atoms with Crippen LogP contribution in [-0.4, -0.2) is 29.9 Å². The second kappa shape index (κ2) is 5.07. The van der Waals surface area contributed by atoms with Crippen molar-refractivity contribution in [3.63, 3.8) is 0 Å². The summed E-state index contributed by atoms with van der Waals surface area (Å²) in [5.41, 5.74) is 6.20. The van der Waals surface area contributed by atoms with Crippen molar-refractivity contribution in [3.8, 4) is 0 Å². The molecule has 6 heteroatoms. The molecule has 1 aromatic carbocycles. The van der Waals surface area contributed by atoms with Crippen molar-refractivity contribution in [2.24, 2.45) is 17.6 Å². The van der Waals surface area contributed by atoms with Crippen LogP contribution in [0.1, 0.15) is 23.2 Å². The fraction of sp³-hybridized carbons (Fsp3) is 0.500. The normalized spacial score (nSPS) is 28.8.